The highest BCUT2D eigenvalue weighted by Gasteiger charge is 2.02. The average molecular weight is 446 g/mol. The van der Waals surface area contributed by atoms with Crippen molar-refractivity contribution in [3.63, 3.8) is 0 Å². The van der Waals surface area contributed by atoms with Gasteiger partial charge in [0.25, 0.3) is 0 Å². The van der Waals surface area contributed by atoms with Crippen LogP contribution >= 0.6 is 39.1 Å². The van der Waals surface area contributed by atoms with Crippen LogP contribution < -0.4 is 5.32 Å². The fraction of sp³-hybridized carbons (Fsp3) is 0. The van der Waals surface area contributed by atoms with Crippen LogP contribution in [0.15, 0.2) is 88.3 Å². The van der Waals surface area contributed by atoms with Gasteiger partial charge in [0.05, 0.1) is 5.69 Å². The van der Waals surface area contributed by atoms with Gasteiger partial charge >= 0.3 is 0 Å². The SMILES string of the molecule is Clc1ccc(N=CC=C(Nc2ccc(Cl)cc2)c2ccc(Br)cc2)cc1. The van der Waals surface area contributed by atoms with E-state index in [1.807, 2.05) is 78.9 Å². The first kappa shape index (κ1) is 18.7. The molecular weight excluding hydrogens is 431 g/mol. The van der Waals surface area contributed by atoms with Crippen LogP contribution in [0.25, 0.3) is 5.70 Å². The lowest BCUT2D eigenvalue weighted by atomic mass is 10.1. The van der Waals surface area contributed by atoms with Crippen molar-refractivity contribution < 1.29 is 0 Å². The summed E-state index contributed by atoms with van der Waals surface area (Å²) in [7, 11) is 0. The Bertz CT molecular complexity index is 916. The molecule has 0 aliphatic carbocycles. The van der Waals surface area contributed by atoms with Crippen LogP contribution in [0.2, 0.25) is 10.0 Å². The monoisotopic (exact) mass is 444 g/mol. The Morgan fingerprint density at radius 1 is 0.808 bits per heavy atom. The van der Waals surface area contributed by atoms with E-state index < -0.39 is 0 Å². The molecule has 3 rings (SSSR count). The third kappa shape index (κ3) is 5.46. The first-order valence-electron chi connectivity index (χ1n) is 7.88. The molecule has 2 nitrogen and oxygen atoms in total. The highest BCUT2D eigenvalue weighted by molar-refractivity contribution is 9.10. The fourth-order valence-corrected chi connectivity index (χ4v) is 2.77. The molecule has 3 aromatic rings. The Hall–Kier alpha value is -2.07. The number of hydrogen-bond acceptors (Lipinski definition) is 2. The fourth-order valence-electron chi connectivity index (χ4n) is 2.25. The lowest BCUT2D eigenvalue weighted by Crippen LogP contribution is -1.99. The summed E-state index contributed by atoms with van der Waals surface area (Å²) in [6.45, 7) is 0. The topological polar surface area (TPSA) is 24.4 Å². The second-order valence-electron chi connectivity index (χ2n) is 5.47. The largest absolute Gasteiger partial charge is 0.355 e. The van der Waals surface area contributed by atoms with E-state index in [0.29, 0.717) is 10.0 Å². The van der Waals surface area contributed by atoms with Gasteiger partial charge < -0.3 is 5.32 Å². The van der Waals surface area contributed by atoms with Crippen LogP contribution in [0.1, 0.15) is 5.56 Å². The van der Waals surface area contributed by atoms with E-state index in [1.165, 1.54) is 0 Å². The zero-order valence-corrected chi connectivity index (χ0v) is 16.8. The molecule has 0 saturated heterocycles. The maximum atomic E-state index is 5.97. The number of aliphatic imine (C=N–C) groups is 1. The Kier molecular flexibility index (Phi) is 6.51. The summed E-state index contributed by atoms with van der Waals surface area (Å²) in [5.74, 6) is 0. The van der Waals surface area contributed by atoms with Crippen LogP contribution in [0.3, 0.4) is 0 Å². The van der Waals surface area contributed by atoms with Crippen molar-refractivity contribution in [3.8, 4) is 0 Å². The smallest absolute Gasteiger partial charge is 0.0630 e. The van der Waals surface area contributed by atoms with Gasteiger partial charge in [-0.15, -0.1) is 0 Å². The molecule has 1 N–H and O–H groups in total. The van der Waals surface area contributed by atoms with Gasteiger partial charge in [-0.25, -0.2) is 0 Å². The molecule has 5 heteroatoms. The second-order valence-corrected chi connectivity index (χ2v) is 7.26. The standard InChI is InChI=1S/C21H15BrCl2N2/c22-16-3-1-15(2-4-16)21(26-20-11-7-18(24)8-12-20)13-14-25-19-9-5-17(23)6-10-19/h1-14,26H. The lowest BCUT2D eigenvalue weighted by molar-refractivity contribution is 1.51. The predicted molar refractivity (Wildman–Crippen MR) is 117 cm³/mol. The number of rotatable bonds is 5. The molecular formula is C21H15BrCl2N2. The molecule has 0 aliphatic rings. The van der Waals surface area contributed by atoms with E-state index in [0.717, 1.165) is 27.1 Å². The summed E-state index contributed by atoms with van der Waals surface area (Å²) >= 11 is 15.3. The van der Waals surface area contributed by atoms with Crippen molar-refractivity contribution in [1.82, 2.24) is 0 Å². The van der Waals surface area contributed by atoms with Crippen LogP contribution in [0.5, 0.6) is 0 Å². The van der Waals surface area contributed by atoms with Crippen LogP contribution in [0.4, 0.5) is 11.4 Å². The summed E-state index contributed by atoms with van der Waals surface area (Å²) in [6.07, 6.45) is 3.70. The van der Waals surface area contributed by atoms with E-state index in [2.05, 4.69) is 26.2 Å². The highest BCUT2D eigenvalue weighted by atomic mass is 79.9. The molecule has 130 valence electrons. The summed E-state index contributed by atoms with van der Waals surface area (Å²) in [6, 6.07) is 23.0. The van der Waals surface area contributed by atoms with Gasteiger partial charge in [-0.1, -0.05) is 51.3 Å². The third-order valence-electron chi connectivity index (χ3n) is 3.57. The molecule has 0 saturated carbocycles. The molecule has 26 heavy (non-hydrogen) atoms. The minimum atomic E-state index is 0.694. The van der Waals surface area contributed by atoms with Crippen molar-refractivity contribution in [1.29, 1.82) is 0 Å². The first-order chi connectivity index (χ1) is 12.6. The molecule has 0 radical (unpaired) electrons. The van der Waals surface area contributed by atoms with E-state index in [-0.39, 0.29) is 0 Å². The summed E-state index contributed by atoms with van der Waals surface area (Å²) in [4.78, 5) is 4.46. The molecule has 3 aromatic carbocycles. The van der Waals surface area contributed by atoms with Crippen LogP contribution in [-0.2, 0) is 0 Å². The van der Waals surface area contributed by atoms with Gasteiger partial charge in [0.1, 0.15) is 0 Å². The van der Waals surface area contributed by atoms with Crippen molar-refractivity contribution in [2.45, 2.75) is 0 Å². The predicted octanol–water partition coefficient (Wildman–Crippen LogP) is 7.61. The van der Waals surface area contributed by atoms with Crippen molar-refractivity contribution in [2.24, 2.45) is 4.99 Å². The normalized spacial score (nSPS) is 11.7. The van der Waals surface area contributed by atoms with Gasteiger partial charge in [-0.2, -0.15) is 0 Å². The Morgan fingerprint density at radius 3 is 2.00 bits per heavy atom. The van der Waals surface area contributed by atoms with Gasteiger partial charge in [0, 0.05) is 32.1 Å². The molecule has 0 unspecified atom stereocenters. The Labute approximate surface area is 171 Å². The zero-order chi connectivity index (χ0) is 18.4. The molecule has 0 aromatic heterocycles. The Morgan fingerprint density at radius 2 is 1.38 bits per heavy atom. The zero-order valence-electron chi connectivity index (χ0n) is 13.7. The van der Waals surface area contributed by atoms with E-state index in [4.69, 9.17) is 23.2 Å². The molecule has 0 heterocycles. The van der Waals surface area contributed by atoms with Crippen molar-refractivity contribution in [3.05, 3.63) is 99.0 Å². The summed E-state index contributed by atoms with van der Waals surface area (Å²) in [5.41, 5.74) is 3.76. The van der Waals surface area contributed by atoms with Crippen molar-refractivity contribution in [2.75, 3.05) is 5.32 Å². The van der Waals surface area contributed by atoms with E-state index in [9.17, 15) is 0 Å². The number of halogens is 3. The summed E-state index contributed by atoms with van der Waals surface area (Å²) < 4.78 is 1.03. The molecule has 0 spiro atoms. The molecule has 0 amide bonds. The number of benzene rings is 3. The number of allylic oxidation sites excluding steroid dienone is 1. The number of anilines is 1. The quantitative estimate of drug-likeness (QED) is 0.401. The van der Waals surface area contributed by atoms with Gasteiger partial charge in [0.15, 0.2) is 0 Å². The van der Waals surface area contributed by atoms with E-state index >= 15 is 0 Å². The maximum absolute atomic E-state index is 5.97. The first-order valence-corrected chi connectivity index (χ1v) is 9.43. The molecule has 0 atom stereocenters. The molecule has 0 aliphatic heterocycles. The minimum absolute atomic E-state index is 0.694. The number of nitrogens with one attached hydrogen (secondary N) is 1. The third-order valence-corrected chi connectivity index (χ3v) is 4.60. The van der Waals surface area contributed by atoms with Crippen LogP contribution in [0, 0.1) is 0 Å². The molecule has 0 fully saturated rings. The van der Waals surface area contributed by atoms with Gasteiger partial charge in [-0.05, 0) is 72.3 Å². The van der Waals surface area contributed by atoms with Crippen molar-refractivity contribution >= 4 is 62.4 Å². The van der Waals surface area contributed by atoms with Crippen LogP contribution in [-0.4, -0.2) is 6.21 Å². The molecule has 0 bridgehead atoms. The summed E-state index contributed by atoms with van der Waals surface area (Å²) in [5, 5.41) is 4.81. The maximum Gasteiger partial charge on any atom is 0.0630 e. The van der Waals surface area contributed by atoms with Gasteiger partial charge in [-0.3, -0.25) is 4.99 Å². The second kappa shape index (κ2) is 9.04. The Balaban J connectivity index is 1.87. The lowest BCUT2D eigenvalue weighted by Gasteiger charge is -2.11. The van der Waals surface area contributed by atoms with E-state index in [1.54, 1.807) is 6.21 Å². The minimum Gasteiger partial charge on any atom is -0.355 e. The van der Waals surface area contributed by atoms with Gasteiger partial charge in [0.2, 0.25) is 0 Å². The highest BCUT2D eigenvalue weighted by Crippen LogP contribution is 2.22. The average Bonchev–Trinajstić information content (AvgIpc) is 2.65. The number of hydrogen-bond donors (Lipinski definition) is 1. The number of nitrogens with zero attached hydrogens (tertiary/aromatic N) is 1.